The Morgan fingerprint density at radius 2 is 2.14 bits per heavy atom. The van der Waals surface area contributed by atoms with Crippen molar-refractivity contribution in [1.29, 1.82) is 0 Å². The van der Waals surface area contributed by atoms with Crippen LogP contribution in [0, 0.1) is 6.92 Å². The van der Waals surface area contributed by atoms with Crippen molar-refractivity contribution in [2.75, 3.05) is 6.54 Å². The number of nitrogens with zero attached hydrogens (tertiary/aromatic N) is 1. The quantitative estimate of drug-likeness (QED) is 0.747. The molecule has 0 atom stereocenters. The topological polar surface area (TPSA) is 49.4 Å². The molecule has 0 radical (unpaired) electrons. The molecule has 1 heterocycles. The molecule has 0 spiro atoms. The molecule has 0 amide bonds. The fraction of sp³-hybridized carbons (Fsp3) is 0.600. The summed E-state index contributed by atoms with van der Waals surface area (Å²) in [6, 6.07) is 2.65. The maximum atomic E-state index is 12.9. The molecular formula is C15H22N2O2S2. The van der Waals surface area contributed by atoms with Gasteiger partial charge < -0.3 is 5.32 Å². The molecule has 0 saturated heterocycles. The zero-order valence-electron chi connectivity index (χ0n) is 12.3. The smallest absolute Gasteiger partial charge is 0.244 e. The fourth-order valence-electron chi connectivity index (χ4n) is 2.46. The second-order valence-corrected chi connectivity index (χ2v) is 9.08. The number of nitrogens with one attached hydrogen (secondary N) is 1. The summed E-state index contributed by atoms with van der Waals surface area (Å²) in [5.41, 5.74) is 0. The van der Waals surface area contributed by atoms with Gasteiger partial charge in [-0.15, -0.1) is 17.9 Å². The van der Waals surface area contributed by atoms with E-state index < -0.39 is 10.0 Å². The van der Waals surface area contributed by atoms with Crippen LogP contribution in [0.3, 0.4) is 0 Å². The third-order valence-electron chi connectivity index (χ3n) is 3.92. The summed E-state index contributed by atoms with van der Waals surface area (Å²) in [6.07, 6.45) is 6.08. The maximum Gasteiger partial charge on any atom is 0.244 e. The summed E-state index contributed by atoms with van der Waals surface area (Å²) < 4.78 is 27.3. The highest BCUT2D eigenvalue weighted by atomic mass is 32.2. The van der Waals surface area contributed by atoms with Crippen LogP contribution in [0.4, 0.5) is 0 Å². The second-order valence-electron chi connectivity index (χ2n) is 5.88. The third-order valence-corrected chi connectivity index (χ3v) is 7.14. The molecular weight excluding hydrogens is 304 g/mol. The molecule has 116 valence electrons. The van der Waals surface area contributed by atoms with Gasteiger partial charge in [-0.05, 0) is 38.7 Å². The lowest BCUT2D eigenvalue weighted by molar-refractivity contribution is 0.436. The van der Waals surface area contributed by atoms with Crippen LogP contribution >= 0.6 is 11.3 Å². The maximum absolute atomic E-state index is 12.9. The molecule has 0 bridgehead atoms. The molecule has 2 aliphatic carbocycles. The average molecular weight is 326 g/mol. The van der Waals surface area contributed by atoms with Crippen LogP contribution in [0.15, 0.2) is 23.6 Å². The van der Waals surface area contributed by atoms with Crippen LogP contribution in [0.5, 0.6) is 0 Å². The van der Waals surface area contributed by atoms with E-state index in [-0.39, 0.29) is 6.04 Å². The molecule has 6 heteroatoms. The molecule has 1 aromatic rings. The van der Waals surface area contributed by atoms with Crippen molar-refractivity contribution in [3.63, 3.8) is 0 Å². The lowest BCUT2D eigenvalue weighted by atomic mass is 10.4. The molecule has 2 aliphatic rings. The van der Waals surface area contributed by atoms with E-state index >= 15 is 0 Å². The monoisotopic (exact) mass is 326 g/mol. The Hall–Kier alpha value is -0.690. The van der Waals surface area contributed by atoms with Gasteiger partial charge in [0.05, 0.1) is 4.90 Å². The fourth-order valence-corrected chi connectivity index (χ4v) is 5.67. The SMILES string of the molecule is C=CCN(C1CC1)S(=O)(=O)c1cc(CNC2CC2)sc1C. The minimum absolute atomic E-state index is 0.167. The standard InChI is InChI=1S/C15H22N2O2S2/c1-3-8-17(13-6-7-13)21(18,19)15-9-14(20-11(15)2)10-16-12-4-5-12/h3,9,12-13,16H,1,4-8,10H2,2H3. The third kappa shape index (κ3) is 3.39. The van der Waals surface area contributed by atoms with Crippen molar-refractivity contribution < 1.29 is 8.42 Å². The Kier molecular flexibility index (Phi) is 4.23. The van der Waals surface area contributed by atoms with Crippen LogP contribution in [0.1, 0.15) is 35.4 Å². The first-order valence-electron chi connectivity index (χ1n) is 7.48. The zero-order chi connectivity index (χ0) is 15.0. The van der Waals surface area contributed by atoms with Crippen LogP contribution < -0.4 is 5.32 Å². The Morgan fingerprint density at radius 3 is 2.71 bits per heavy atom. The summed E-state index contributed by atoms with van der Waals surface area (Å²) in [7, 11) is -3.39. The van der Waals surface area contributed by atoms with Crippen LogP contribution in [0.25, 0.3) is 0 Å². The Labute approximate surface area is 130 Å². The Balaban J connectivity index is 1.81. The molecule has 4 nitrogen and oxygen atoms in total. The number of aryl methyl sites for hydroxylation is 1. The van der Waals surface area contributed by atoms with Gasteiger partial charge in [0.1, 0.15) is 0 Å². The van der Waals surface area contributed by atoms with Gasteiger partial charge in [-0.3, -0.25) is 0 Å². The van der Waals surface area contributed by atoms with E-state index in [9.17, 15) is 8.42 Å². The van der Waals surface area contributed by atoms with Crippen molar-refractivity contribution in [2.45, 2.75) is 56.1 Å². The molecule has 3 rings (SSSR count). The van der Waals surface area contributed by atoms with Crippen LogP contribution in [0.2, 0.25) is 0 Å². The predicted molar refractivity (Wildman–Crippen MR) is 86.0 cm³/mol. The van der Waals surface area contributed by atoms with E-state index in [2.05, 4.69) is 11.9 Å². The summed E-state index contributed by atoms with van der Waals surface area (Å²) in [6.45, 7) is 6.76. The van der Waals surface area contributed by atoms with Crippen molar-refractivity contribution in [2.24, 2.45) is 0 Å². The second kappa shape index (κ2) is 5.83. The Bertz CT molecular complexity index is 628. The number of rotatable bonds is 8. The molecule has 0 aromatic carbocycles. The van der Waals surface area contributed by atoms with Crippen molar-refractivity contribution in [3.05, 3.63) is 28.5 Å². The van der Waals surface area contributed by atoms with Gasteiger partial charge in [0.25, 0.3) is 0 Å². The van der Waals surface area contributed by atoms with Gasteiger partial charge in [0.2, 0.25) is 10.0 Å². The van der Waals surface area contributed by atoms with Gasteiger partial charge in [-0.2, -0.15) is 4.31 Å². The first kappa shape index (κ1) is 15.2. The molecule has 1 aromatic heterocycles. The van der Waals surface area contributed by atoms with E-state index in [1.165, 1.54) is 12.8 Å². The van der Waals surface area contributed by atoms with Crippen molar-refractivity contribution in [3.8, 4) is 0 Å². The molecule has 0 aliphatic heterocycles. The van der Waals surface area contributed by atoms with E-state index in [1.807, 2.05) is 13.0 Å². The minimum Gasteiger partial charge on any atom is -0.309 e. The summed E-state index contributed by atoms with van der Waals surface area (Å²) >= 11 is 1.58. The van der Waals surface area contributed by atoms with Crippen molar-refractivity contribution >= 4 is 21.4 Å². The van der Waals surface area contributed by atoms with E-state index in [4.69, 9.17) is 0 Å². The van der Waals surface area contributed by atoms with Gasteiger partial charge in [0.15, 0.2) is 0 Å². The summed E-state index contributed by atoms with van der Waals surface area (Å²) in [5.74, 6) is 0. The summed E-state index contributed by atoms with van der Waals surface area (Å²) in [4.78, 5) is 2.47. The van der Waals surface area contributed by atoms with Gasteiger partial charge in [0, 0.05) is 34.9 Å². The van der Waals surface area contributed by atoms with E-state index in [0.29, 0.717) is 17.5 Å². The van der Waals surface area contributed by atoms with Gasteiger partial charge in [-0.1, -0.05) is 6.08 Å². The number of hydrogen-bond donors (Lipinski definition) is 1. The average Bonchev–Trinajstić information content (AvgIpc) is 3.33. The zero-order valence-corrected chi connectivity index (χ0v) is 14.0. The van der Waals surface area contributed by atoms with E-state index in [0.717, 1.165) is 29.1 Å². The summed E-state index contributed by atoms with van der Waals surface area (Å²) in [5, 5.41) is 3.44. The van der Waals surface area contributed by atoms with Gasteiger partial charge in [-0.25, -0.2) is 8.42 Å². The first-order valence-corrected chi connectivity index (χ1v) is 9.73. The molecule has 1 N–H and O–H groups in total. The van der Waals surface area contributed by atoms with Crippen LogP contribution in [-0.4, -0.2) is 31.4 Å². The van der Waals surface area contributed by atoms with E-state index in [1.54, 1.807) is 21.7 Å². The predicted octanol–water partition coefficient (Wildman–Crippen LogP) is 2.65. The molecule has 2 fully saturated rings. The Morgan fingerprint density at radius 1 is 1.43 bits per heavy atom. The van der Waals surface area contributed by atoms with Gasteiger partial charge >= 0.3 is 0 Å². The largest absolute Gasteiger partial charge is 0.309 e. The molecule has 21 heavy (non-hydrogen) atoms. The lowest BCUT2D eigenvalue weighted by Crippen LogP contribution is -2.33. The number of sulfonamides is 1. The van der Waals surface area contributed by atoms with Crippen LogP contribution in [-0.2, 0) is 16.6 Å². The first-order chi connectivity index (χ1) is 10.0. The minimum atomic E-state index is -3.39. The number of thiophene rings is 1. The highest BCUT2D eigenvalue weighted by Crippen LogP contribution is 2.35. The highest BCUT2D eigenvalue weighted by Gasteiger charge is 2.38. The highest BCUT2D eigenvalue weighted by molar-refractivity contribution is 7.89. The lowest BCUT2D eigenvalue weighted by Gasteiger charge is -2.19. The number of hydrogen-bond acceptors (Lipinski definition) is 4. The normalized spacial score (nSPS) is 19.1. The molecule has 0 unspecified atom stereocenters. The van der Waals surface area contributed by atoms with Crippen molar-refractivity contribution in [1.82, 2.24) is 9.62 Å². The molecule has 2 saturated carbocycles.